The molecule has 8 aromatic rings. The van der Waals surface area contributed by atoms with Crippen molar-refractivity contribution in [1.29, 1.82) is 0 Å². The molecule has 158 valence electrons. The van der Waals surface area contributed by atoms with Gasteiger partial charge in [-0.2, -0.15) is 0 Å². The maximum atomic E-state index is 2.48. The minimum Gasteiger partial charge on any atom is -0.309 e. The molecule has 2 heteroatoms. The van der Waals surface area contributed by atoms with Crippen molar-refractivity contribution in [2.45, 2.75) is 0 Å². The normalized spacial score (nSPS) is 12.1. The molecule has 0 aliphatic heterocycles. The van der Waals surface area contributed by atoms with Crippen LogP contribution in [0.15, 0.2) is 115 Å². The Morgan fingerprint density at radius 3 is 2.03 bits per heavy atom. The van der Waals surface area contributed by atoms with Crippen LogP contribution >= 0.6 is 11.3 Å². The third-order valence-electron chi connectivity index (χ3n) is 7.14. The Labute approximate surface area is 200 Å². The highest BCUT2D eigenvalue weighted by molar-refractivity contribution is 7.26. The Kier molecular flexibility index (Phi) is 3.60. The second-order valence-electron chi connectivity index (χ2n) is 8.98. The summed E-state index contributed by atoms with van der Waals surface area (Å²) in [5.74, 6) is 0. The van der Waals surface area contributed by atoms with Crippen molar-refractivity contribution < 1.29 is 0 Å². The van der Waals surface area contributed by atoms with Gasteiger partial charge < -0.3 is 4.57 Å². The predicted molar refractivity (Wildman–Crippen MR) is 149 cm³/mol. The lowest BCUT2D eigenvalue weighted by atomic mass is 10.0. The fraction of sp³-hybridized carbons (Fsp3) is 0. The van der Waals surface area contributed by atoms with Crippen molar-refractivity contribution in [3.05, 3.63) is 115 Å². The minimum absolute atomic E-state index is 1.23. The number of rotatable bonds is 1. The SMILES string of the molecule is c1ccc2cc3c(cc2c1)c1c2c(ccc1n3-c1cccc3ccccc13)sc1ccccc12. The molecule has 0 atom stereocenters. The number of fused-ring (bicyclic) bond motifs is 9. The van der Waals surface area contributed by atoms with Gasteiger partial charge in [-0.25, -0.2) is 0 Å². The first kappa shape index (κ1) is 18.3. The van der Waals surface area contributed by atoms with Crippen molar-refractivity contribution in [1.82, 2.24) is 4.57 Å². The topological polar surface area (TPSA) is 4.93 Å². The number of aromatic nitrogens is 1. The molecule has 6 aromatic carbocycles. The van der Waals surface area contributed by atoms with Crippen molar-refractivity contribution >= 4 is 74.9 Å². The van der Waals surface area contributed by atoms with E-state index in [9.17, 15) is 0 Å². The molecule has 1 nitrogen and oxygen atoms in total. The Balaban J connectivity index is 1.67. The molecule has 0 N–H and O–H groups in total. The monoisotopic (exact) mass is 449 g/mol. The van der Waals surface area contributed by atoms with E-state index in [1.807, 2.05) is 11.3 Å². The summed E-state index contributed by atoms with van der Waals surface area (Å²) in [4.78, 5) is 0. The van der Waals surface area contributed by atoms with Crippen LogP contribution in [0.25, 0.3) is 69.2 Å². The second kappa shape index (κ2) is 6.69. The van der Waals surface area contributed by atoms with Gasteiger partial charge in [-0.1, -0.05) is 78.9 Å². The van der Waals surface area contributed by atoms with Crippen LogP contribution in [0.4, 0.5) is 0 Å². The Hall–Kier alpha value is -4.14. The summed E-state index contributed by atoms with van der Waals surface area (Å²) in [7, 11) is 0. The molecule has 0 aliphatic rings. The first-order chi connectivity index (χ1) is 16.9. The van der Waals surface area contributed by atoms with Crippen LogP contribution < -0.4 is 0 Å². The summed E-state index contributed by atoms with van der Waals surface area (Å²) in [5, 5.41) is 10.5. The molecule has 0 bridgehead atoms. The number of thiophene rings is 1. The number of nitrogens with zero attached hydrogens (tertiary/aromatic N) is 1. The maximum absolute atomic E-state index is 2.48. The van der Waals surface area contributed by atoms with E-state index in [-0.39, 0.29) is 0 Å². The van der Waals surface area contributed by atoms with E-state index in [0.717, 1.165) is 0 Å². The van der Waals surface area contributed by atoms with E-state index in [4.69, 9.17) is 0 Å². The third-order valence-corrected chi connectivity index (χ3v) is 8.28. The molecule has 0 spiro atoms. The van der Waals surface area contributed by atoms with E-state index >= 15 is 0 Å². The smallest absolute Gasteiger partial charge is 0.0548 e. The van der Waals surface area contributed by atoms with Gasteiger partial charge in [0.15, 0.2) is 0 Å². The largest absolute Gasteiger partial charge is 0.309 e. The highest BCUT2D eigenvalue weighted by Crippen LogP contribution is 2.44. The first-order valence-electron chi connectivity index (χ1n) is 11.6. The fourth-order valence-corrected chi connectivity index (χ4v) is 6.78. The summed E-state index contributed by atoms with van der Waals surface area (Å²) in [6.45, 7) is 0. The average molecular weight is 450 g/mol. The molecule has 0 unspecified atom stereocenters. The molecule has 0 amide bonds. The van der Waals surface area contributed by atoms with Crippen LogP contribution in [-0.4, -0.2) is 4.57 Å². The molecule has 8 rings (SSSR count). The molecule has 2 aromatic heterocycles. The Morgan fingerprint density at radius 2 is 1.15 bits per heavy atom. The first-order valence-corrected chi connectivity index (χ1v) is 12.4. The molecule has 0 radical (unpaired) electrons. The van der Waals surface area contributed by atoms with Gasteiger partial charge in [0.2, 0.25) is 0 Å². The number of hydrogen-bond acceptors (Lipinski definition) is 1. The molecular weight excluding hydrogens is 430 g/mol. The van der Waals surface area contributed by atoms with Gasteiger partial charge in [0.25, 0.3) is 0 Å². The highest BCUT2D eigenvalue weighted by atomic mass is 32.1. The van der Waals surface area contributed by atoms with E-state index in [0.29, 0.717) is 0 Å². The number of hydrogen-bond donors (Lipinski definition) is 0. The summed E-state index contributed by atoms with van der Waals surface area (Å²) >= 11 is 1.89. The lowest BCUT2D eigenvalue weighted by Gasteiger charge is -2.12. The van der Waals surface area contributed by atoms with Gasteiger partial charge in [-0.15, -0.1) is 11.3 Å². The van der Waals surface area contributed by atoms with Gasteiger partial charge >= 0.3 is 0 Å². The van der Waals surface area contributed by atoms with E-state index in [1.165, 1.54) is 69.2 Å². The van der Waals surface area contributed by atoms with Crippen molar-refractivity contribution in [3.8, 4) is 5.69 Å². The van der Waals surface area contributed by atoms with Crippen LogP contribution in [0.1, 0.15) is 0 Å². The van der Waals surface area contributed by atoms with E-state index in [1.54, 1.807) is 0 Å². The zero-order valence-electron chi connectivity index (χ0n) is 18.3. The molecule has 2 heterocycles. The van der Waals surface area contributed by atoms with Gasteiger partial charge in [-0.3, -0.25) is 0 Å². The van der Waals surface area contributed by atoms with Crippen LogP contribution in [0.2, 0.25) is 0 Å². The van der Waals surface area contributed by atoms with Crippen molar-refractivity contribution in [2.24, 2.45) is 0 Å². The zero-order chi connectivity index (χ0) is 22.2. The van der Waals surface area contributed by atoms with Gasteiger partial charge in [0.1, 0.15) is 0 Å². The van der Waals surface area contributed by atoms with E-state index < -0.39 is 0 Å². The molecule has 0 saturated heterocycles. The standard InChI is InChI=1S/C32H19NS/c1-2-10-22-19-28-25(18-21(22)9-1)31-27(16-17-30-32(31)24-13-5-6-15-29(24)34-30)33(28)26-14-7-11-20-8-3-4-12-23(20)26/h1-19H. The van der Waals surface area contributed by atoms with E-state index in [2.05, 4.69) is 120 Å². The summed E-state index contributed by atoms with van der Waals surface area (Å²) < 4.78 is 5.17. The van der Waals surface area contributed by atoms with Gasteiger partial charge in [-0.05, 0) is 52.6 Å². The predicted octanol–water partition coefficient (Wildman–Crippen LogP) is 9.46. The average Bonchev–Trinajstić information content (AvgIpc) is 3.42. The number of benzene rings is 6. The van der Waals surface area contributed by atoms with Crippen LogP contribution in [0.3, 0.4) is 0 Å². The third kappa shape index (κ3) is 2.38. The van der Waals surface area contributed by atoms with Crippen molar-refractivity contribution in [3.63, 3.8) is 0 Å². The lowest BCUT2D eigenvalue weighted by Crippen LogP contribution is -1.95. The van der Waals surface area contributed by atoms with Crippen LogP contribution in [0.5, 0.6) is 0 Å². The molecular formula is C32H19NS. The second-order valence-corrected chi connectivity index (χ2v) is 10.1. The summed E-state index contributed by atoms with van der Waals surface area (Å²) in [5.41, 5.74) is 3.75. The Bertz CT molecular complexity index is 2070. The Morgan fingerprint density at radius 1 is 0.441 bits per heavy atom. The summed E-state index contributed by atoms with van der Waals surface area (Å²) in [6.07, 6.45) is 0. The molecule has 34 heavy (non-hydrogen) atoms. The van der Waals surface area contributed by atoms with Crippen molar-refractivity contribution in [2.75, 3.05) is 0 Å². The summed E-state index contributed by atoms with van der Waals surface area (Å²) in [6, 6.07) is 42.2. The highest BCUT2D eigenvalue weighted by Gasteiger charge is 2.19. The molecule has 0 fully saturated rings. The quantitative estimate of drug-likeness (QED) is 0.235. The van der Waals surface area contributed by atoms with Crippen LogP contribution in [0, 0.1) is 0 Å². The molecule has 0 saturated carbocycles. The van der Waals surface area contributed by atoms with Gasteiger partial charge in [0.05, 0.1) is 16.7 Å². The zero-order valence-corrected chi connectivity index (χ0v) is 19.1. The van der Waals surface area contributed by atoms with Gasteiger partial charge in [0, 0.05) is 36.3 Å². The lowest BCUT2D eigenvalue weighted by molar-refractivity contribution is 1.20. The minimum atomic E-state index is 1.23. The molecule has 0 aliphatic carbocycles. The van der Waals surface area contributed by atoms with Crippen LogP contribution in [-0.2, 0) is 0 Å². The fourth-order valence-electron chi connectivity index (χ4n) is 5.67. The maximum Gasteiger partial charge on any atom is 0.0548 e.